The van der Waals surface area contributed by atoms with Gasteiger partial charge in [0.25, 0.3) is 5.91 Å². The quantitative estimate of drug-likeness (QED) is 0.133. The van der Waals surface area contributed by atoms with Crippen molar-refractivity contribution in [1.82, 2.24) is 35.8 Å². The number of halogens is 2. The van der Waals surface area contributed by atoms with E-state index in [4.69, 9.17) is 21.1 Å². The van der Waals surface area contributed by atoms with Crippen molar-refractivity contribution in [2.75, 3.05) is 31.6 Å². The van der Waals surface area contributed by atoms with Crippen LogP contribution in [0, 0.1) is 11.7 Å². The largest absolute Gasteiger partial charge is 0.487 e. The molecule has 1 saturated heterocycles. The van der Waals surface area contributed by atoms with E-state index in [9.17, 15) is 28.4 Å². The molecular formula is C35H40ClFN8O7. The van der Waals surface area contributed by atoms with E-state index < -0.39 is 17.8 Å². The van der Waals surface area contributed by atoms with Crippen LogP contribution < -0.4 is 26.0 Å². The van der Waals surface area contributed by atoms with Crippen LogP contribution in [0.1, 0.15) is 60.1 Å². The molecule has 3 aromatic rings. The summed E-state index contributed by atoms with van der Waals surface area (Å²) in [5, 5.41) is 19.3. The van der Waals surface area contributed by atoms with Gasteiger partial charge in [-0.15, -0.1) is 5.10 Å². The maximum Gasteiger partial charge on any atom is 0.255 e. The molecule has 3 aliphatic rings. The summed E-state index contributed by atoms with van der Waals surface area (Å²) in [5.41, 5.74) is 2.17. The summed E-state index contributed by atoms with van der Waals surface area (Å²) in [7, 11) is 0. The number of fused-ring (bicyclic) bond motifs is 1. The van der Waals surface area contributed by atoms with Crippen LogP contribution in [0.4, 0.5) is 10.1 Å². The number of imide groups is 1. The van der Waals surface area contributed by atoms with Crippen molar-refractivity contribution in [3.8, 4) is 5.75 Å². The first-order valence-electron chi connectivity index (χ1n) is 17.3. The summed E-state index contributed by atoms with van der Waals surface area (Å²) in [6.45, 7) is 2.01. The lowest BCUT2D eigenvalue weighted by atomic mass is 9.86. The van der Waals surface area contributed by atoms with Crippen molar-refractivity contribution in [3.05, 3.63) is 70.3 Å². The molecule has 5 amide bonds. The maximum absolute atomic E-state index is 14.2. The van der Waals surface area contributed by atoms with Gasteiger partial charge in [-0.2, -0.15) is 0 Å². The molecule has 52 heavy (non-hydrogen) atoms. The fraction of sp³-hybridized carbons (Fsp3) is 0.457. The summed E-state index contributed by atoms with van der Waals surface area (Å²) in [5.74, 6) is -2.11. The predicted octanol–water partition coefficient (Wildman–Crippen LogP) is 2.33. The fourth-order valence-electron chi connectivity index (χ4n) is 6.55. The van der Waals surface area contributed by atoms with Crippen LogP contribution in [0.2, 0.25) is 5.02 Å². The molecule has 1 saturated carbocycles. The number of anilines is 1. The molecule has 276 valence electrons. The highest BCUT2D eigenvalue weighted by atomic mass is 35.5. The molecule has 1 unspecified atom stereocenters. The Morgan fingerprint density at radius 2 is 1.85 bits per heavy atom. The van der Waals surface area contributed by atoms with Crippen LogP contribution in [0.3, 0.4) is 0 Å². The lowest BCUT2D eigenvalue weighted by Crippen LogP contribution is -2.52. The van der Waals surface area contributed by atoms with Gasteiger partial charge in [-0.25, -0.2) is 9.07 Å². The Labute approximate surface area is 303 Å². The van der Waals surface area contributed by atoms with Crippen LogP contribution in [-0.2, 0) is 43.5 Å². The monoisotopic (exact) mass is 738 g/mol. The molecule has 15 nitrogen and oxygen atoms in total. The van der Waals surface area contributed by atoms with E-state index in [2.05, 4.69) is 31.6 Å². The van der Waals surface area contributed by atoms with Crippen molar-refractivity contribution < 1.29 is 37.8 Å². The van der Waals surface area contributed by atoms with Crippen molar-refractivity contribution in [2.24, 2.45) is 5.92 Å². The molecule has 0 spiro atoms. The first-order valence-corrected chi connectivity index (χ1v) is 17.7. The van der Waals surface area contributed by atoms with E-state index in [1.165, 1.54) is 11.0 Å². The van der Waals surface area contributed by atoms with E-state index >= 15 is 0 Å². The molecule has 1 aliphatic carbocycles. The highest BCUT2D eigenvalue weighted by Crippen LogP contribution is 2.33. The number of hydrogen-bond acceptors (Lipinski definition) is 10. The molecule has 2 aliphatic heterocycles. The van der Waals surface area contributed by atoms with Gasteiger partial charge >= 0.3 is 0 Å². The Balaban J connectivity index is 0.829. The number of piperidine rings is 1. The van der Waals surface area contributed by atoms with Crippen molar-refractivity contribution in [1.29, 1.82) is 0 Å². The molecule has 4 N–H and O–H groups in total. The molecule has 0 radical (unpaired) electrons. The Morgan fingerprint density at radius 3 is 2.65 bits per heavy atom. The summed E-state index contributed by atoms with van der Waals surface area (Å²) in [6, 6.07) is 8.97. The number of ether oxygens (including phenoxy) is 2. The minimum absolute atomic E-state index is 0.0149. The van der Waals surface area contributed by atoms with Crippen LogP contribution in [-0.4, -0.2) is 87.9 Å². The van der Waals surface area contributed by atoms with Gasteiger partial charge in [0, 0.05) is 42.2 Å². The highest BCUT2D eigenvalue weighted by molar-refractivity contribution is 6.30. The third-order valence-electron chi connectivity index (χ3n) is 9.31. The zero-order valence-corrected chi connectivity index (χ0v) is 29.1. The second kappa shape index (κ2) is 17.1. The van der Waals surface area contributed by atoms with Crippen molar-refractivity contribution in [3.63, 3.8) is 0 Å². The fourth-order valence-corrected chi connectivity index (χ4v) is 6.72. The van der Waals surface area contributed by atoms with Crippen molar-refractivity contribution in [2.45, 2.75) is 70.3 Å². The Bertz CT molecular complexity index is 1810. The number of hydrogen-bond donors (Lipinski definition) is 4. The van der Waals surface area contributed by atoms with Gasteiger partial charge in [0.15, 0.2) is 11.6 Å². The number of rotatable bonds is 15. The number of aromatic nitrogens is 3. The third-order valence-corrected chi connectivity index (χ3v) is 9.61. The van der Waals surface area contributed by atoms with Gasteiger partial charge in [0.05, 0.1) is 50.2 Å². The van der Waals surface area contributed by atoms with Crippen LogP contribution in [0.15, 0.2) is 42.6 Å². The van der Waals surface area contributed by atoms with Gasteiger partial charge < -0.3 is 30.3 Å². The molecular weight excluding hydrogens is 699 g/mol. The standard InChI is InChI=1S/C35H40ClFN8O7/c36-26-4-2-6-29(32(26)37)52-23-9-7-21(8-10-23)33(48)39-17-22-19-44(43-42-22)14-16-51-15-13-38-18-31(47)40-27-5-1-3-24-25(27)20-45(35(24)50)28-11-12-30(46)41-34(28)49/h1-6,19,21,23,28,38H,7-18,20H2,(H,39,48)(H,40,47)(H,41,46,49)/t21-,23-,28?. The van der Waals surface area contributed by atoms with Gasteiger partial charge in [-0.1, -0.05) is 28.9 Å². The lowest BCUT2D eigenvalue weighted by Gasteiger charge is -2.29. The highest BCUT2D eigenvalue weighted by Gasteiger charge is 2.40. The first kappa shape index (κ1) is 36.8. The number of amides is 5. The maximum atomic E-state index is 14.2. The van der Waals surface area contributed by atoms with E-state index in [1.807, 2.05) is 0 Å². The zero-order chi connectivity index (χ0) is 36.6. The molecule has 2 fully saturated rings. The zero-order valence-electron chi connectivity index (χ0n) is 28.4. The van der Waals surface area contributed by atoms with Crippen molar-refractivity contribution >= 4 is 46.8 Å². The lowest BCUT2D eigenvalue weighted by molar-refractivity contribution is -0.137. The predicted molar refractivity (Wildman–Crippen MR) is 184 cm³/mol. The van der Waals surface area contributed by atoms with E-state index in [-0.39, 0.29) is 78.9 Å². The second-order valence-electron chi connectivity index (χ2n) is 12.9. The van der Waals surface area contributed by atoms with Crippen LogP contribution in [0.25, 0.3) is 0 Å². The normalized spacial score (nSPS) is 20.0. The molecule has 1 atom stereocenters. The van der Waals surface area contributed by atoms with E-state index in [0.717, 1.165) is 0 Å². The molecule has 6 rings (SSSR count). The van der Waals surface area contributed by atoms with Gasteiger partial charge in [0.2, 0.25) is 23.6 Å². The van der Waals surface area contributed by atoms with Crippen LogP contribution >= 0.6 is 11.6 Å². The second-order valence-corrected chi connectivity index (χ2v) is 13.3. The number of carbonyl (C=O) groups is 5. The smallest absolute Gasteiger partial charge is 0.255 e. The summed E-state index contributed by atoms with van der Waals surface area (Å²) >= 11 is 5.84. The topological polar surface area (TPSA) is 186 Å². The Kier molecular flexibility index (Phi) is 12.1. The third kappa shape index (κ3) is 9.10. The van der Waals surface area contributed by atoms with E-state index in [1.54, 1.807) is 41.2 Å². The Hall–Kier alpha value is -4.93. The number of benzene rings is 2. The minimum atomic E-state index is -0.734. The van der Waals surface area contributed by atoms with Gasteiger partial charge in [0.1, 0.15) is 11.7 Å². The molecule has 3 heterocycles. The average molecular weight is 739 g/mol. The SMILES string of the molecule is O=C1CCC(N2Cc3c(NC(=O)CNCCOCCn4cc(CNC(=O)[C@H]5CC[C@H](Oc6cccc(Cl)c6F)CC5)nn4)cccc3C2=O)C(=O)N1. The molecule has 1 aromatic heterocycles. The molecule has 2 aromatic carbocycles. The number of nitrogens with zero attached hydrogens (tertiary/aromatic N) is 4. The summed E-state index contributed by atoms with van der Waals surface area (Å²) in [4.78, 5) is 63.7. The molecule has 0 bridgehead atoms. The van der Waals surface area contributed by atoms with E-state index in [0.29, 0.717) is 74.5 Å². The molecule has 17 heteroatoms. The minimum Gasteiger partial charge on any atom is -0.487 e. The Morgan fingerprint density at radius 1 is 1.04 bits per heavy atom. The van der Waals surface area contributed by atoms with Gasteiger partial charge in [-0.05, 0) is 56.4 Å². The number of carbonyl (C=O) groups excluding carboxylic acids is 5. The number of nitrogens with one attached hydrogen (secondary N) is 4. The van der Waals surface area contributed by atoms with Crippen LogP contribution in [0.5, 0.6) is 5.75 Å². The summed E-state index contributed by atoms with van der Waals surface area (Å²) in [6.07, 6.45) is 4.53. The first-order chi connectivity index (χ1) is 25.2. The average Bonchev–Trinajstić information content (AvgIpc) is 3.73. The van der Waals surface area contributed by atoms with Gasteiger partial charge in [-0.3, -0.25) is 29.3 Å². The summed E-state index contributed by atoms with van der Waals surface area (Å²) < 4.78 is 27.2.